The molecule has 0 bridgehead atoms. The second-order valence-electron chi connectivity index (χ2n) is 4.19. The van der Waals surface area contributed by atoms with Crippen molar-refractivity contribution < 1.29 is 19.1 Å². The van der Waals surface area contributed by atoms with E-state index in [1.165, 1.54) is 18.2 Å². The van der Waals surface area contributed by atoms with Crippen molar-refractivity contribution in [3.8, 4) is 0 Å². The monoisotopic (exact) mass is 253 g/mol. The van der Waals surface area contributed by atoms with Gasteiger partial charge in [0.2, 0.25) is 0 Å². The van der Waals surface area contributed by atoms with E-state index in [0.29, 0.717) is 6.42 Å². The summed E-state index contributed by atoms with van der Waals surface area (Å²) in [5, 5.41) is 11.4. The Morgan fingerprint density at radius 1 is 1.44 bits per heavy atom. The van der Waals surface area contributed by atoms with Crippen LogP contribution in [0.2, 0.25) is 0 Å². The number of carbonyl (C=O) groups is 2. The van der Waals surface area contributed by atoms with Crippen LogP contribution in [0.5, 0.6) is 0 Å². The van der Waals surface area contributed by atoms with Gasteiger partial charge < -0.3 is 10.4 Å². The Balaban J connectivity index is 2.82. The first-order valence-corrected chi connectivity index (χ1v) is 5.75. The van der Waals surface area contributed by atoms with Gasteiger partial charge in [-0.25, -0.2) is 9.18 Å². The summed E-state index contributed by atoms with van der Waals surface area (Å²) in [4.78, 5) is 22.8. The normalized spacial score (nSPS) is 13.7. The van der Waals surface area contributed by atoms with E-state index >= 15 is 0 Å². The average molecular weight is 253 g/mol. The van der Waals surface area contributed by atoms with Gasteiger partial charge in [-0.1, -0.05) is 26.3 Å². The average Bonchev–Trinajstić information content (AvgIpc) is 2.34. The lowest BCUT2D eigenvalue weighted by Gasteiger charge is -2.20. The molecule has 0 aliphatic rings. The molecule has 0 radical (unpaired) electrons. The van der Waals surface area contributed by atoms with Gasteiger partial charge in [-0.3, -0.25) is 4.79 Å². The first-order chi connectivity index (χ1) is 8.45. The van der Waals surface area contributed by atoms with Crippen LogP contribution >= 0.6 is 0 Å². The first kappa shape index (κ1) is 14.2. The zero-order chi connectivity index (χ0) is 13.7. The van der Waals surface area contributed by atoms with Gasteiger partial charge in [-0.15, -0.1) is 0 Å². The highest BCUT2D eigenvalue weighted by atomic mass is 19.1. The van der Waals surface area contributed by atoms with Gasteiger partial charge in [0.1, 0.15) is 11.9 Å². The molecule has 5 heteroatoms. The van der Waals surface area contributed by atoms with E-state index in [-0.39, 0.29) is 11.5 Å². The Morgan fingerprint density at radius 3 is 2.61 bits per heavy atom. The highest BCUT2D eigenvalue weighted by Crippen LogP contribution is 2.10. The lowest BCUT2D eigenvalue weighted by Crippen LogP contribution is -2.45. The molecule has 98 valence electrons. The number of amides is 1. The van der Waals surface area contributed by atoms with Crippen molar-refractivity contribution in [1.82, 2.24) is 5.32 Å². The second-order valence-corrected chi connectivity index (χ2v) is 4.19. The predicted octanol–water partition coefficient (Wildman–Crippen LogP) is 2.05. The van der Waals surface area contributed by atoms with Crippen molar-refractivity contribution in [3.05, 3.63) is 35.6 Å². The Kier molecular flexibility index (Phi) is 4.83. The highest BCUT2D eigenvalue weighted by molar-refractivity contribution is 5.96. The van der Waals surface area contributed by atoms with Crippen molar-refractivity contribution in [2.75, 3.05) is 0 Å². The molecule has 0 aliphatic carbocycles. The Labute approximate surface area is 105 Å². The fraction of sp³-hybridized carbons (Fsp3) is 0.385. The topological polar surface area (TPSA) is 66.4 Å². The number of halogens is 1. The maximum atomic E-state index is 13.0. The second kappa shape index (κ2) is 6.14. The van der Waals surface area contributed by atoms with Gasteiger partial charge in [0.25, 0.3) is 5.91 Å². The molecule has 0 saturated heterocycles. The number of aliphatic carboxylic acids is 1. The van der Waals surface area contributed by atoms with Gasteiger partial charge in [-0.05, 0) is 24.1 Å². The highest BCUT2D eigenvalue weighted by Gasteiger charge is 2.25. The van der Waals surface area contributed by atoms with Gasteiger partial charge in [0, 0.05) is 5.56 Å². The minimum Gasteiger partial charge on any atom is -0.480 e. The number of carboxylic acids is 1. The number of carbonyl (C=O) groups excluding carboxylic acids is 1. The molecule has 0 spiro atoms. The quantitative estimate of drug-likeness (QED) is 0.844. The van der Waals surface area contributed by atoms with Gasteiger partial charge in [0.05, 0.1) is 0 Å². The van der Waals surface area contributed by atoms with Crippen LogP contribution in [-0.4, -0.2) is 23.0 Å². The van der Waals surface area contributed by atoms with Crippen molar-refractivity contribution in [1.29, 1.82) is 0 Å². The third-order valence-corrected chi connectivity index (χ3v) is 2.85. The molecule has 1 aromatic carbocycles. The molecule has 1 rings (SSSR count). The molecule has 0 fully saturated rings. The number of carboxylic acid groups (broad SMARTS) is 1. The minimum absolute atomic E-state index is 0.115. The molecule has 1 aromatic rings. The standard InChI is InChI=1S/C13H16FNO3/c1-3-8(2)11(13(17)18)15-12(16)9-5-4-6-10(14)7-9/h4-8,11H,3H2,1-2H3,(H,15,16)(H,17,18). The van der Waals surface area contributed by atoms with E-state index in [1.54, 1.807) is 6.92 Å². The lowest BCUT2D eigenvalue weighted by molar-refractivity contribution is -0.140. The van der Waals surface area contributed by atoms with Crippen LogP contribution in [0.1, 0.15) is 30.6 Å². The van der Waals surface area contributed by atoms with Crippen LogP contribution in [0, 0.1) is 11.7 Å². The summed E-state index contributed by atoms with van der Waals surface area (Å²) in [6, 6.07) is 4.17. The smallest absolute Gasteiger partial charge is 0.326 e. The van der Waals surface area contributed by atoms with Crippen LogP contribution in [0.25, 0.3) is 0 Å². The molecule has 18 heavy (non-hydrogen) atoms. The molecule has 2 N–H and O–H groups in total. The maximum Gasteiger partial charge on any atom is 0.326 e. The number of hydrogen-bond donors (Lipinski definition) is 2. The van der Waals surface area contributed by atoms with Crippen LogP contribution in [0.3, 0.4) is 0 Å². The summed E-state index contributed by atoms with van der Waals surface area (Å²) in [5.74, 6) is -2.39. The SMILES string of the molecule is CCC(C)C(NC(=O)c1cccc(F)c1)C(=O)O. The fourth-order valence-corrected chi connectivity index (χ4v) is 1.54. The van der Waals surface area contributed by atoms with Gasteiger partial charge in [0.15, 0.2) is 0 Å². The molecular weight excluding hydrogens is 237 g/mol. The summed E-state index contributed by atoms with van der Waals surface area (Å²) in [6.07, 6.45) is 0.625. The van der Waals surface area contributed by atoms with Crippen LogP contribution in [-0.2, 0) is 4.79 Å². The molecule has 2 atom stereocenters. The number of nitrogens with one attached hydrogen (secondary N) is 1. The van der Waals surface area contributed by atoms with E-state index in [2.05, 4.69) is 5.32 Å². The molecule has 4 nitrogen and oxygen atoms in total. The van der Waals surface area contributed by atoms with Crippen LogP contribution < -0.4 is 5.32 Å². The summed E-state index contributed by atoms with van der Waals surface area (Å²) < 4.78 is 13.0. The van der Waals surface area contributed by atoms with Crippen molar-refractivity contribution >= 4 is 11.9 Å². The Hall–Kier alpha value is -1.91. The summed E-state index contributed by atoms with van der Waals surface area (Å²) in [7, 11) is 0. The zero-order valence-corrected chi connectivity index (χ0v) is 10.3. The maximum absolute atomic E-state index is 13.0. The molecule has 1 amide bonds. The molecule has 0 aliphatic heterocycles. The lowest BCUT2D eigenvalue weighted by atomic mass is 9.99. The summed E-state index contributed by atoms with van der Waals surface area (Å²) in [6.45, 7) is 3.58. The van der Waals surface area contributed by atoms with E-state index in [4.69, 9.17) is 5.11 Å². The predicted molar refractivity (Wildman–Crippen MR) is 64.7 cm³/mol. The van der Waals surface area contributed by atoms with Crippen LogP contribution in [0.4, 0.5) is 4.39 Å². The molecule has 2 unspecified atom stereocenters. The summed E-state index contributed by atoms with van der Waals surface area (Å²) in [5.41, 5.74) is 0.115. The van der Waals surface area contributed by atoms with E-state index in [1.807, 2.05) is 6.92 Å². The number of hydrogen-bond acceptors (Lipinski definition) is 2. The van der Waals surface area contributed by atoms with Crippen LogP contribution in [0.15, 0.2) is 24.3 Å². The van der Waals surface area contributed by atoms with E-state index < -0.39 is 23.7 Å². The van der Waals surface area contributed by atoms with Gasteiger partial charge >= 0.3 is 5.97 Å². The van der Waals surface area contributed by atoms with Crippen molar-refractivity contribution in [2.45, 2.75) is 26.3 Å². The summed E-state index contributed by atoms with van der Waals surface area (Å²) >= 11 is 0. The van der Waals surface area contributed by atoms with E-state index in [0.717, 1.165) is 6.07 Å². The number of rotatable bonds is 5. The van der Waals surface area contributed by atoms with Crippen molar-refractivity contribution in [3.63, 3.8) is 0 Å². The molecule has 0 heterocycles. The molecule has 0 aromatic heterocycles. The Morgan fingerprint density at radius 2 is 2.11 bits per heavy atom. The van der Waals surface area contributed by atoms with E-state index in [9.17, 15) is 14.0 Å². The first-order valence-electron chi connectivity index (χ1n) is 5.75. The third-order valence-electron chi connectivity index (χ3n) is 2.85. The zero-order valence-electron chi connectivity index (χ0n) is 10.3. The molecule has 0 saturated carbocycles. The van der Waals surface area contributed by atoms with Gasteiger partial charge in [-0.2, -0.15) is 0 Å². The third kappa shape index (κ3) is 3.55. The molecular formula is C13H16FNO3. The largest absolute Gasteiger partial charge is 0.480 e. The Bertz CT molecular complexity index is 448. The number of benzene rings is 1. The van der Waals surface area contributed by atoms with Crippen molar-refractivity contribution in [2.24, 2.45) is 5.92 Å². The minimum atomic E-state index is -1.09. The fourth-order valence-electron chi connectivity index (χ4n) is 1.54.